The van der Waals surface area contributed by atoms with Gasteiger partial charge in [-0.25, -0.2) is 4.79 Å². The minimum Gasteiger partial charge on any atom is -0.480 e. The van der Waals surface area contributed by atoms with Crippen molar-refractivity contribution in [1.29, 1.82) is 0 Å². The summed E-state index contributed by atoms with van der Waals surface area (Å²) in [4.78, 5) is 54.4. The third kappa shape index (κ3) is 9.58. The van der Waals surface area contributed by atoms with Gasteiger partial charge >= 0.3 is 5.97 Å². The first-order valence-corrected chi connectivity index (χ1v) is 14.8. The van der Waals surface area contributed by atoms with Gasteiger partial charge in [0.25, 0.3) is 0 Å². The Balaban J connectivity index is 2.13. The highest BCUT2D eigenvalue weighted by atomic mass is 32.2. The van der Waals surface area contributed by atoms with Crippen LogP contribution in [0.4, 0.5) is 0 Å². The number of aliphatic carboxylic acids is 1. The van der Waals surface area contributed by atoms with Gasteiger partial charge in [-0.15, -0.1) is 0 Å². The quantitative estimate of drug-likeness (QED) is 0.183. The summed E-state index contributed by atoms with van der Waals surface area (Å²) in [7, 11) is 0. The third-order valence-corrected chi connectivity index (χ3v) is 7.45. The molecule has 0 aliphatic carbocycles. The second kappa shape index (κ2) is 15.5. The number of fused-ring (bicyclic) bond motifs is 1. The largest absolute Gasteiger partial charge is 0.480 e. The summed E-state index contributed by atoms with van der Waals surface area (Å²) in [5.41, 5.74) is 8.10. The Kier molecular flexibility index (Phi) is 12.8. The number of nitrogens with two attached hydrogens (primary N) is 1. The molecule has 10 nitrogen and oxygen atoms in total. The highest BCUT2D eigenvalue weighted by Crippen LogP contribution is 2.19. The summed E-state index contributed by atoms with van der Waals surface area (Å²) >= 11 is 1.49. The first-order chi connectivity index (χ1) is 18.5. The predicted octanol–water partition coefficient (Wildman–Crippen LogP) is 2.42. The van der Waals surface area contributed by atoms with Crippen LogP contribution < -0.4 is 21.7 Å². The zero-order chi connectivity index (χ0) is 29.1. The fraction of sp³-hybridized carbons (Fsp3) is 0.571. The van der Waals surface area contributed by atoms with Gasteiger partial charge in [-0.05, 0) is 54.7 Å². The number of para-hydroxylation sites is 1. The lowest BCUT2D eigenvalue weighted by Gasteiger charge is -2.28. The molecule has 2 rings (SSSR count). The molecule has 0 spiro atoms. The molecule has 5 unspecified atom stereocenters. The Bertz CT molecular complexity index is 1120. The maximum Gasteiger partial charge on any atom is 0.326 e. The molecule has 0 aliphatic rings. The van der Waals surface area contributed by atoms with E-state index in [1.54, 1.807) is 0 Å². The van der Waals surface area contributed by atoms with Gasteiger partial charge in [0.05, 0.1) is 6.04 Å². The molecule has 3 amide bonds. The van der Waals surface area contributed by atoms with E-state index >= 15 is 0 Å². The molecule has 0 bridgehead atoms. The fourth-order valence-corrected chi connectivity index (χ4v) is 4.79. The maximum absolute atomic E-state index is 13.4. The van der Waals surface area contributed by atoms with Gasteiger partial charge < -0.3 is 31.8 Å². The van der Waals surface area contributed by atoms with Crippen molar-refractivity contribution in [1.82, 2.24) is 20.9 Å². The number of benzene rings is 1. The number of hydrogen-bond acceptors (Lipinski definition) is 6. The molecule has 0 radical (unpaired) electrons. The van der Waals surface area contributed by atoms with Gasteiger partial charge in [0, 0.05) is 17.1 Å². The van der Waals surface area contributed by atoms with Crippen molar-refractivity contribution in [3.63, 3.8) is 0 Å². The van der Waals surface area contributed by atoms with Crippen LogP contribution >= 0.6 is 11.8 Å². The summed E-state index contributed by atoms with van der Waals surface area (Å²) in [5.74, 6) is -2.26. The summed E-state index contributed by atoms with van der Waals surface area (Å²) in [6.45, 7) is 7.57. The van der Waals surface area contributed by atoms with Crippen molar-refractivity contribution in [3.8, 4) is 0 Å². The SMILES string of the molecule is CCC(C)C(NC(=O)C(N)Cc1c[nH]c2ccccc12)C(=O)NC(CC(C)C)C(=O)NC(CCSC)C(=O)O. The van der Waals surface area contributed by atoms with Crippen LogP contribution in [-0.2, 0) is 25.6 Å². The molecule has 0 saturated heterocycles. The lowest BCUT2D eigenvalue weighted by molar-refractivity contribution is -0.142. The van der Waals surface area contributed by atoms with E-state index in [1.807, 2.05) is 64.4 Å². The number of aromatic amines is 1. The number of H-pyrrole nitrogens is 1. The van der Waals surface area contributed by atoms with Crippen LogP contribution in [0.3, 0.4) is 0 Å². The standard InChI is InChI=1S/C28H43N5O5S/c1-6-17(4)24(33-25(34)20(29)14-18-15-30-21-10-8-7-9-19(18)21)27(36)32-23(13-16(2)3)26(35)31-22(28(37)38)11-12-39-5/h7-10,15-17,20,22-24,30H,6,11-14,29H2,1-5H3,(H,31,35)(H,32,36)(H,33,34)(H,37,38). The number of carbonyl (C=O) groups is 4. The number of carboxylic acid groups (broad SMARTS) is 1. The molecule has 0 fully saturated rings. The first-order valence-electron chi connectivity index (χ1n) is 13.4. The summed E-state index contributed by atoms with van der Waals surface area (Å²) < 4.78 is 0. The van der Waals surface area contributed by atoms with E-state index in [0.717, 1.165) is 16.5 Å². The zero-order valence-electron chi connectivity index (χ0n) is 23.5. The monoisotopic (exact) mass is 561 g/mol. The minimum atomic E-state index is -1.12. The van der Waals surface area contributed by atoms with Gasteiger partial charge in [-0.2, -0.15) is 11.8 Å². The molecule has 1 aromatic heterocycles. The van der Waals surface area contributed by atoms with Crippen molar-refractivity contribution < 1.29 is 24.3 Å². The van der Waals surface area contributed by atoms with E-state index in [2.05, 4.69) is 20.9 Å². The summed E-state index contributed by atoms with van der Waals surface area (Å²) in [6.07, 6.45) is 5.16. The first kappa shape index (κ1) is 32.2. The number of nitrogens with one attached hydrogen (secondary N) is 4. The number of hydrogen-bond donors (Lipinski definition) is 6. The molecular weight excluding hydrogens is 518 g/mol. The zero-order valence-corrected chi connectivity index (χ0v) is 24.3. The smallest absolute Gasteiger partial charge is 0.326 e. The van der Waals surface area contributed by atoms with E-state index in [-0.39, 0.29) is 24.7 Å². The fourth-order valence-electron chi connectivity index (χ4n) is 4.32. The van der Waals surface area contributed by atoms with Gasteiger partial charge in [0.1, 0.15) is 18.1 Å². The van der Waals surface area contributed by atoms with E-state index in [4.69, 9.17) is 5.73 Å². The van der Waals surface area contributed by atoms with E-state index < -0.39 is 47.9 Å². The lowest BCUT2D eigenvalue weighted by atomic mass is 9.96. The van der Waals surface area contributed by atoms with Crippen LogP contribution in [0.2, 0.25) is 0 Å². The number of amides is 3. The van der Waals surface area contributed by atoms with Crippen LogP contribution in [0.5, 0.6) is 0 Å². The van der Waals surface area contributed by atoms with Gasteiger partial charge in [0.2, 0.25) is 17.7 Å². The average Bonchev–Trinajstić information content (AvgIpc) is 3.30. The Labute approximate surface area is 234 Å². The number of thioether (sulfide) groups is 1. The number of rotatable bonds is 16. The molecule has 39 heavy (non-hydrogen) atoms. The van der Waals surface area contributed by atoms with Gasteiger partial charge in [-0.3, -0.25) is 14.4 Å². The van der Waals surface area contributed by atoms with E-state index in [0.29, 0.717) is 18.6 Å². The minimum absolute atomic E-state index is 0.0526. The number of aromatic nitrogens is 1. The molecule has 11 heteroatoms. The molecule has 216 valence electrons. The van der Waals surface area contributed by atoms with Crippen molar-refractivity contribution in [2.75, 3.05) is 12.0 Å². The lowest BCUT2D eigenvalue weighted by Crippen LogP contribution is -2.59. The molecule has 2 aromatic rings. The summed E-state index contributed by atoms with van der Waals surface area (Å²) in [5, 5.41) is 18.6. The Morgan fingerprint density at radius 1 is 1.00 bits per heavy atom. The molecule has 7 N–H and O–H groups in total. The van der Waals surface area contributed by atoms with Crippen LogP contribution in [0.1, 0.15) is 52.5 Å². The topological polar surface area (TPSA) is 166 Å². The van der Waals surface area contributed by atoms with Gasteiger partial charge in [0.15, 0.2) is 0 Å². The molecular formula is C28H43N5O5S. The van der Waals surface area contributed by atoms with Crippen LogP contribution in [-0.4, -0.2) is 70.0 Å². The second-order valence-corrected chi connectivity index (χ2v) is 11.4. The van der Waals surface area contributed by atoms with E-state index in [1.165, 1.54) is 11.8 Å². The van der Waals surface area contributed by atoms with Crippen molar-refractivity contribution in [2.45, 2.75) is 77.5 Å². The molecule has 5 atom stereocenters. The van der Waals surface area contributed by atoms with Crippen molar-refractivity contribution in [2.24, 2.45) is 17.6 Å². The number of carbonyl (C=O) groups excluding carboxylic acids is 3. The molecule has 0 saturated carbocycles. The van der Waals surface area contributed by atoms with Crippen molar-refractivity contribution >= 4 is 46.4 Å². The maximum atomic E-state index is 13.4. The van der Waals surface area contributed by atoms with Gasteiger partial charge in [-0.1, -0.05) is 52.3 Å². The van der Waals surface area contributed by atoms with E-state index in [9.17, 15) is 24.3 Å². The predicted molar refractivity (Wildman–Crippen MR) is 155 cm³/mol. The average molecular weight is 562 g/mol. The molecule has 0 aliphatic heterocycles. The number of carboxylic acids is 1. The highest BCUT2D eigenvalue weighted by molar-refractivity contribution is 7.98. The summed E-state index contributed by atoms with van der Waals surface area (Å²) in [6, 6.07) is 3.94. The molecule has 1 heterocycles. The van der Waals surface area contributed by atoms with Crippen molar-refractivity contribution in [3.05, 3.63) is 36.0 Å². The Morgan fingerprint density at radius 2 is 1.67 bits per heavy atom. The third-order valence-electron chi connectivity index (χ3n) is 6.81. The van der Waals surface area contributed by atoms with Crippen LogP contribution in [0.15, 0.2) is 30.5 Å². The second-order valence-electron chi connectivity index (χ2n) is 10.4. The Morgan fingerprint density at radius 3 is 2.28 bits per heavy atom. The Hall–Kier alpha value is -3.05. The highest BCUT2D eigenvalue weighted by Gasteiger charge is 2.32. The van der Waals surface area contributed by atoms with Crippen LogP contribution in [0.25, 0.3) is 10.9 Å². The normalized spacial score (nSPS) is 15.3. The molecule has 1 aromatic carbocycles. The van der Waals surface area contributed by atoms with Crippen LogP contribution in [0, 0.1) is 11.8 Å².